The first-order valence-corrected chi connectivity index (χ1v) is 12.3. The number of likely N-dealkylation sites (tertiary alicyclic amines) is 1. The van der Waals surface area contributed by atoms with Crippen LogP contribution in [0.4, 0.5) is 11.4 Å². The van der Waals surface area contributed by atoms with Crippen LogP contribution < -0.4 is 5.73 Å². The van der Waals surface area contributed by atoms with Gasteiger partial charge < -0.3 is 20.7 Å². The van der Waals surface area contributed by atoms with Crippen molar-refractivity contribution < 1.29 is 19.6 Å². The van der Waals surface area contributed by atoms with Crippen LogP contribution >= 0.6 is 0 Å². The summed E-state index contributed by atoms with van der Waals surface area (Å²) in [5.41, 5.74) is 8.88. The molecule has 0 saturated carbocycles. The Balaban J connectivity index is 1.46. The van der Waals surface area contributed by atoms with Gasteiger partial charge in [-0.05, 0) is 30.2 Å². The maximum Gasteiger partial charge on any atom is 0.270 e. The zero-order chi connectivity index (χ0) is 27.5. The monoisotopic (exact) mass is 523 g/mol. The SMILES string of the molecule is NC(=O)C1CCC(=O)N1C/C=C\c1ccc(N=C(c2ccccc2)c2c(O)[nH]c3ccc([N+](=O)[O-])cc23)cc1. The molecule has 10 heteroatoms. The minimum Gasteiger partial charge on any atom is -0.494 e. The Morgan fingerprint density at radius 1 is 1.15 bits per heavy atom. The number of nitrogens with zero attached hydrogens (tertiary/aromatic N) is 3. The topological polar surface area (TPSA) is 155 Å². The standard InChI is InChI=1S/C29H25N5O5/c30-28(36)24-14-15-25(35)33(24)16-4-5-18-8-10-20(11-9-18)31-27(19-6-2-1-3-7-19)26-22-17-21(34(38)39)12-13-23(22)32-29(26)37/h1-13,17,24,32,37H,14-16H2,(H2,30,36)/b5-4-,31-27?. The number of hydrogen-bond donors (Lipinski definition) is 3. The Hall–Kier alpha value is -5.25. The molecule has 0 spiro atoms. The number of nitro benzene ring substituents is 1. The number of aromatic hydroxyl groups is 1. The molecular formula is C29H25N5O5. The number of carbonyl (C=O) groups is 2. The number of nitro groups is 1. The number of non-ortho nitro benzene ring substituents is 1. The van der Waals surface area contributed by atoms with Crippen LogP contribution in [-0.4, -0.2) is 50.0 Å². The number of H-pyrrole nitrogens is 1. The van der Waals surface area contributed by atoms with Gasteiger partial charge in [-0.15, -0.1) is 0 Å². The van der Waals surface area contributed by atoms with E-state index in [1.807, 2.05) is 66.7 Å². The fraction of sp³-hybridized carbons (Fsp3) is 0.138. The number of aliphatic imine (C=N–C) groups is 1. The van der Waals surface area contributed by atoms with Crippen LogP contribution in [0.3, 0.4) is 0 Å². The molecule has 1 aromatic heterocycles. The molecule has 0 radical (unpaired) electrons. The maximum atomic E-state index is 12.1. The third-order valence-electron chi connectivity index (χ3n) is 6.66. The molecule has 2 heterocycles. The van der Waals surface area contributed by atoms with Crippen LogP contribution in [-0.2, 0) is 9.59 Å². The molecule has 196 valence electrons. The van der Waals surface area contributed by atoms with E-state index in [2.05, 4.69) is 4.98 Å². The second-order valence-corrected chi connectivity index (χ2v) is 9.16. The molecule has 1 fully saturated rings. The number of amides is 2. The van der Waals surface area contributed by atoms with Gasteiger partial charge in [0.1, 0.15) is 6.04 Å². The number of hydrogen-bond acceptors (Lipinski definition) is 6. The van der Waals surface area contributed by atoms with Gasteiger partial charge in [0.2, 0.25) is 11.8 Å². The van der Waals surface area contributed by atoms with Gasteiger partial charge in [0, 0.05) is 41.6 Å². The molecular weight excluding hydrogens is 498 g/mol. The van der Waals surface area contributed by atoms with Crippen LogP contribution in [0.1, 0.15) is 29.5 Å². The lowest BCUT2D eigenvalue weighted by Gasteiger charge is -2.20. The molecule has 0 bridgehead atoms. The summed E-state index contributed by atoms with van der Waals surface area (Å²) in [6.45, 7) is 0.288. The van der Waals surface area contributed by atoms with E-state index in [4.69, 9.17) is 10.7 Å². The number of nitrogens with two attached hydrogens (primary N) is 1. The summed E-state index contributed by atoms with van der Waals surface area (Å²) in [6, 6.07) is 20.4. The van der Waals surface area contributed by atoms with Gasteiger partial charge in [0.25, 0.3) is 5.69 Å². The molecule has 4 aromatic rings. The average molecular weight is 524 g/mol. The number of nitrogens with one attached hydrogen (secondary N) is 1. The second kappa shape index (κ2) is 10.6. The molecule has 1 aliphatic heterocycles. The lowest BCUT2D eigenvalue weighted by atomic mass is 10.0. The first-order chi connectivity index (χ1) is 18.8. The van der Waals surface area contributed by atoms with Crippen LogP contribution in [0.15, 0.2) is 83.9 Å². The summed E-state index contributed by atoms with van der Waals surface area (Å²) in [6.07, 6.45) is 4.42. The molecule has 10 nitrogen and oxygen atoms in total. The first-order valence-electron chi connectivity index (χ1n) is 12.3. The van der Waals surface area contributed by atoms with E-state index >= 15 is 0 Å². The molecule has 1 atom stereocenters. The number of rotatable bonds is 8. The van der Waals surface area contributed by atoms with Crippen LogP contribution in [0.25, 0.3) is 17.0 Å². The van der Waals surface area contributed by atoms with Gasteiger partial charge in [-0.2, -0.15) is 0 Å². The molecule has 3 aromatic carbocycles. The molecule has 0 aliphatic carbocycles. The number of fused-ring (bicyclic) bond motifs is 1. The molecule has 2 amide bonds. The molecule has 5 rings (SSSR count). The summed E-state index contributed by atoms with van der Waals surface area (Å²) in [7, 11) is 0. The first kappa shape index (κ1) is 25.4. The van der Waals surface area contributed by atoms with Gasteiger partial charge >= 0.3 is 0 Å². The predicted octanol–water partition coefficient (Wildman–Crippen LogP) is 4.44. The Kier molecular flexibility index (Phi) is 6.92. The highest BCUT2D eigenvalue weighted by atomic mass is 16.6. The number of aromatic nitrogens is 1. The second-order valence-electron chi connectivity index (χ2n) is 9.16. The van der Waals surface area contributed by atoms with Crippen molar-refractivity contribution in [3.63, 3.8) is 0 Å². The smallest absolute Gasteiger partial charge is 0.270 e. The molecule has 1 aliphatic rings. The summed E-state index contributed by atoms with van der Waals surface area (Å²) in [5, 5.41) is 22.7. The Labute approximate surface area is 223 Å². The summed E-state index contributed by atoms with van der Waals surface area (Å²) in [4.78, 5) is 43.8. The van der Waals surface area contributed by atoms with Gasteiger partial charge in [-0.1, -0.05) is 54.6 Å². The van der Waals surface area contributed by atoms with Crippen molar-refractivity contribution in [1.82, 2.24) is 9.88 Å². The van der Waals surface area contributed by atoms with Crippen molar-refractivity contribution in [2.24, 2.45) is 10.7 Å². The van der Waals surface area contributed by atoms with Crippen molar-refractivity contribution >= 4 is 45.9 Å². The molecule has 1 saturated heterocycles. The normalized spacial score (nSPS) is 15.9. The zero-order valence-electron chi connectivity index (χ0n) is 20.8. The zero-order valence-corrected chi connectivity index (χ0v) is 20.8. The Morgan fingerprint density at radius 3 is 2.59 bits per heavy atom. The highest BCUT2D eigenvalue weighted by molar-refractivity contribution is 6.22. The molecule has 1 unspecified atom stereocenters. The van der Waals surface area contributed by atoms with E-state index in [1.54, 1.807) is 6.07 Å². The lowest BCUT2D eigenvalue weighted by Crippen LogP contribution is -2.42. The highest BCUT2D eigenvalue weighted by Crippen LogP contribution is 2.33. The Bertz CT molecular complexity index is 1620. The number of aromatic amines is 1. The predicted molar refractivity (Wildman–Crippen MR) is 148 cm³/mol. The maximum absolute atomic E-state index is 12.1. The van der Waals surface area contributed by atoms with Crippen molar-refractivity contribution in [2.45, 2.75) is 18.9 Å². The van der Waals surface area contributed by atoms with Crippen molar-refractivity contribution in [2.75, 3.05) is 6.54 Å². The quantitative estimate of drug-likeness (QED) is 0.177. The van der Waals surface area contributed by atoms with E-state index in [9.17, 15) is 24.8 Å². The van der Waals surface area contributed by atoms with Gasteiger partial charge in [0.05, 0.1) is 21.9 Å². The van der Waals surface area contributed by atoms with E-state index in [0.29, 0.717) is 40.7 Å². The van der Waals surface area contributed by atoms with Gasteiger partial charge in [-0.25, -0.2) is 4.99 Å². The van der Waals surface area contributed by atoms with E-state index in [0.717, 1.165) is 11.1 Å². The van der Waals surface area contributed by atoms with E-state index in [1.165, 1.54) is 17.0 Å². The fourth-order valence-corrected chi connectivity index (χ4v) is 4.73. The minimum absolute atomic E-state index is 0.0903. The number of primary amides is 1. The molecule has 4 N–H and O–H groups in total. The minimum atomic E-state index is -0.572. The number of benzene rings is 3. The molecule has 39 heavy (non-hydrogen) atoms. The fourth-order valence-electron chi connectivity index (χ4n) is 4.73. The average Bonchev–Trinajstić information content (AvgIpc) is 3.46. The van der Waals surface area contributed by atoms with E-state index < -0.39 is 16.9 Å². The highest BCUT2D eigenvalue weighted by Gasteiger charge is 2.33. The van der Waals surface area contributed by atoms with Crippen LogP contribution in [0.5, 0.6) is 5.88 Å². The summed E-state index contributed by atoms with van der Waals surface area (Å²) in [5.74, 6) is -0.729. The van der Waals surface area contributed by atoms with Crippen molar-refractivity contribution in [1.29, 1.82) is 0 Å². The third kappa shape index (κ3) is 5.26. The largest absolute Gasteiger partial charge is 0.494 e. The van der Waals surface area contributed by atoms with Gasteiger partial charge in [0.15, 0.2) is 5.88 Å². The summed E-state index contributed by atoms with van der Waals surface area (Å²) >= 11 is 0. The van der Waals surface area contributed by atoms with Gasteiger partial charge in [-0.3, -0.25) is 19.7 Å². The van der Waals surface area contributed by atoms with Crippen LogP contribution in [0, 0.1) is 10.1 Å². The van der Waals surface area contributed by atoms with Crippen LogP contribution in [0.2, 0.25) is 0 Å². The number of carbonyl (C=O) groups excluding carboxylic acids is 2. The van der Waals surface area contributed by atoms with E-state index in [-0.39, 0.29) is 24.0 Å². The lowest BCUT2D eigenvalue weighted by molar-refractivity contribution is -0.384. The van der Waals surface area contributed by atoms with Crippen molar-refractivity contribution in [3.8, 4) is 5.88 Å². The van der Waals surface area contributed by atoms with Crippen molar-refractivity contribution in [3.05, 3.63) is 106 Å². The third-order valence-corrected chi connectivity index (χ3v) is 6.66. The summed E-state index contributed by atoms with van der Waals surface area (Å²) < 4.78 is 0. The Morgan fingerprint density at radius 2 is 1.90 bits per heavy atom.